The summed E-state index contributed by atoms with van der Waals surface area (Å²) in [5, 5.41) is 9.00. The summed E-state index contributed by atoms with van der Waals surface area (Å²) < 4.78 is 4.85. The van der Waals surface area contributed by atoms with Gasteiger partial charge in [-0.1, -0.05) is 0 Å². The average molecular weight is 246 g/mol. The van der Waals surface area contributed by atoms with E-state index in [2.05, 4.69) is 15.5 Å². The largest absolute Gasteiger partial charge is 0.461 e. The fraction of sp³-hybridized carbons (Fsp3) is 0.444. The lowest BCUT2D eigenvalue weighted by Gasteiger charge is -2.11. The molecule has 0 unspecified atom stereocenters. The number of rotatable bonds is 2. The summed E-state index contributed by atoms with van der Waals surface area (Å²) >= 11 is 0. The molecular weight excluding hydrogens is 234 g/mol. The van der Waals surface area contributed by atoms with Crippen LogP contribution in [0.4, 0.5) is 0 Å². The molecule has 0 spiro atoms. The van der Waals surface area contributed by atoms with Gasteiger partial charge in [-0.3, -0.25) is 9.89 Å². The Labute approximate surface area is 98.2 Å². The molecule has 1 aliphatic heterocycles. The van der Waals surface area contributed by atoms with E-state index in [1.54, 1.807) is 6.92 Å². The van der Waals surface area contributed by atoms with Crippen molar-refractivity contribution in [3.63, 3.8) is 0 Å². The van der Waals surface area contributed by atoms with E-state index >= 15 is 0 Å². The number of aromatic nitrogens is 2. The number of amides is 1. The topological polar surface area (TPSA) is 84.1 Å². The number of carbonyl (C=O) groups excluding carboxylic acids is 2. The second kappa shape index (κ2) is 4.98. The monoisotopic (exact) mass is 245 g/mol. The number of H-pyrrole nitrogens is 1. The van der Waals surface area contributed by atoms with Gasteiger partial charge < -0.3 is 10.1 Å². The van der Waals surface area contributed by atoms with Crippen LogP contribution in [0.25, 0.3) is 0 Å². The molecule has 0 fully saturated rings. The number of hydrogen-bond donors (Lipinski definition) is 2. The molecule has 1 aromatic rings. The molecule has 1 aliphatic rings. The van der Waals surface area contributed by atoms with Crippen LogP contribution in [0, 0.1) is 0 Å². The zero-order valence-electron chi connectivity index (χ0n) is 8.70. The summed E-state index contributed by atoms with van der Waals surface area (Å²) in [5.74, 6) is -0.705. The quantitative estimate of drug-likeness (QED) is 0.734. The summed E-state index contributed by atoms with van der Waals surface area (Å²) in [6, 6.07) is 0. The number of esters is 1. The summed E-state index contributed by atoms with van der Waals surface area (Å²) in [6.07, 6.45) is 0.603. The van der Waals surface area contributed by atoms with Crippen LogP contribution >= 0.6 is 12.4 Å². The standard InChI is InChI=1S/C9H11N3O3.ClH/c1-2-15-9(14)7-5-3-4-10-8(13)6(5)11-12-7;/h2-4H2,1H3,(H,10,13)(H,11,12);1H. The van der Waals surface area contributed by atoms with E-state index in [9.17, 15) is 9.59 Å². The van der Waals surface area contributed by atoms with Crippen LogP contribution in [0.15, 0.2) is 0 Å². The first kappa shape index (κ1) is 12.5. The highest BCUT2D eigenvalue weighted by Gasteiger charge is 2.26. The predicted molar refractivity (Wildman–Crippen MR) is 57.8 cm³/mol. The van der Waals surface area contributed by atoms with Gasteiger partial charge >= 0.3 is 5.97 Å². The number of hydrogen-bond acceptors (Lipinski definition) is 4. The minimum Gasteiger partial charge on any atom is -0.461 e. The van der Waals surface area contributed by atoms with Crippen molar-refractivity contribution in [3.8, 4) is 0 Å². The second-order valence-corrected chi connectivity index (χ2v) is 3.15. The van der Waals surface area contributed by atoms with Crippen LogP contribution in [0.1, 0.15) is 33.5 Å². The Hall–Kier alpha value is -1.56. The maximum atomic E-state index is 11.5. The fourth-order valence-electron chi connectivity index (χ4n) is 1.55. The molecule has 6 nitrogen and oxygen atoms in total. The highest BCUT2D eigenvalue weighted by atomic mass is 35.5. The van der Waals surface area contributed by atoms with Crippen molar-refractivity contribution >= 4 is 24.3 Å². The van der Waals surface area contributed by atoms with Crippen molar-refractivity contribution in [2.45, 2.75) is 13.3 Å². The van der Waals surface area contributed by atoms with Crippen molar-refractivity contribution in [2.24, 2.45) is 0 Å². The smallest absolute Gasteiger partial charge is 0.356 e. The van der Waals surface area contributed by atoms with Crippen molar-refractivity contribution in [2.75, 3.05) is 13.2 Å². The molecule has 0 aromatic carbocycles. The normalized spacial score (nSPS) is 13.4. The Kier molecular flexibility index (Phi) is 3.89. The van der Waals surface area contributed by atoms with Crippen LogP contribution in [0.3, 0.4) is 0 Å². The second-order valence-electron chi connectivity index (χ2n) is 3.15. The van der Waals surface area contributed by atoms with E-state index in [-0.39, 0.29) is 18.3 Å². The van der Waals surface area contributed by atoms with Gasteiger partial charge in [0.2, 0.25) is 0 Å². The van der Waals surface area contributed by atoms with Crippen LogP contribution in [-0.4, -0.2) is 35.2 Å². The summed E-state index contributed by atoms with van der Waals surface area (Å²) in [6.45, 7) is 2.56. The molecule has 2 N–H and O–H groups in total. The number of ether oxygens (including phenoxy) is 1. The van der Waals surface area contributed by atoms with E-state index in [0.717, 1.165) is 0 Å². The van der Waals surface area contributed by atoms with Crippen LogP contribution in [0.2, 0.25) is 0 Å². The molecule has 7 heteroatoms. The lowest BCUT2D eigenvalue weighted by atomic mass is 10.1. The minimum absolute atomic E-state index is 0. The minimum atomic E-state index is -0.457. The van der Waals surface area contributed by atoms with E-state index in [1.807, 2.05) is 0 Å². The Balaban J connectivity index is 0.00000128. The Morgan fingerprint density at radius 3 is 3.00 bits per heavy atom. The summed E-state index contributed by atoms with van der Waals surface area (Å²) in [4.78, 5) is 22.8. The number of nitrogens with zero attached hydrogens (tertiary/aromatic N) is 1. The molecule has 16 heavy (non-hydrogen) atoms. The molecule has 2 heterocycles. The molecule has 88 valence electrons. The molecule has 0 saturated carbocycles. The van der Waals surface area contributed by atoms with Gasteiger partial charge in [0.25, 0.3) is 5.91 Å². The zero-order chi connectivity index (χ0) is 10.8. The molecule has 0 radical (unpaired) electrons. The summed E-state index contributed by atoms with van der Waals surface area (Å²) in [5.41, 5.74) is 1.24. The highest BCUT2D eigenvalue weighted by molar-refractivity contribution is 5.99. The van der Waals surface area contributed by atoms with Gasteiger partial charge in [0, 0.05) is 12.1 Å². The van der Waals surface area contributed by atoms with Crippen LogP contribution in [-0.2, 0) is 11.2 Å². The molecule has 0 atom stereocenters. The Bertz CT molecular complexity index is 416. The number of fused-ring (bicyclic) bond motifs is 1. The molecular formula is C9H12ClN3O3. The van der Waals surface area contributed by atoms with Crippen molar-refractivity contribution in [3.05, 3.63) is 17.0 Å². The van der Waals surface area contributed by atoms with E-state index in [1.165, 1.54) is 0 Å². The number of carbonyl (C=O) groups is 2. The highest BCUT2D eigenvalue weighted by Crippen LogP contribution is 2.16. The summed E-state index contributed by atoms with van der Waals surface area (Å²) in [7, 11) is 0. The number of halogens is 1. The number of aromatic amines is 1. The van der Waals surface area contributed by atoms with Crippen LogP contribution < -0.4 is 5.32 Å². The van der Waals surface area contributed by atoms with Gasteiger partial charge in [0.15, 0.2) is 5.69 Å². The molecule has 2 rings (SSSR count). The molecule has 1 aromatic heterocycles. The first-order chi connectivity index (χ1) is 7.24. The van der Waals surface area contributed by atoms with Crippen LogP contribution in [0.5, 0.6) is 0 Å². The Morgan fingerprint density at radius 2 is 2.31 bits per heavy atom. The van der Waals surface area contributed by atoms with Crippen molar-refractivity contribution in [1.82, 2.24) is 15.5 Å². The molecule has 0 bridgehead atoms. The maximum Gasteiger partial charge on any atom is 0.356 e. The van der Waals surface area contributed by atoms with Crippen molar-refractivity contribution < 1.29 is 14.3 Å². The van der Waals surface area contributed by atoms with E-state index in [0.29, 0.717) is 36.5 Å². The van der Waals surface area contributed by atoms with E-state index < -0.39 is 5.97 Å². The lowest BCUT2D eigenvalue weighted by molar-refractivity contribution is 0.0518. The van der Waals surface area contributed by atoms with Gasteiger partial charge in [0.05, 0.1) is 6.61 Å². The lowest BCUT2D eigenvalue weighted by Crippen LogP contribution is -2.32. The van der Waals surface area contributed by atoms with Gasteiger partial charge in [-0.2, -0.15) is 5.10 Å². The first-order valence-corrected chi connectivity index (χ1v) is 4.76. The third kappa shape index (κ3) is 2.01. The van der Waals surface area contributed by atoms with Gasteiger partial charge in [0.1, 0.15) is 5.69 Å². The molecule has 1 amide bonds. The van der Waals surface area contributed by atoms with E-state index in [4.69, 9.17) is 4.74 Å². The SMILES string of the molecule is CCOC(=O)c1[nH]nc2c1CCNC2=O.Cl. The fourth-order valence-corrected chi connectivity index (χ4v) is 1.55. The maximum absolute atomic E-state index is 11.5. The molecule has 0 aliphatic carbocycles. The zero-order valence-corrected chi connectivity index (χ0v) is 9.52. The Morgan fingerprint density at radius 1 is 1.56 bits per heavy atom. The average Bonchev–Trinajstić information content (AvgIpc) is 2.63. The third-order valence-electron chi connectivity index (χ3n) is 2.22. The van der Waals surface area contributed by atoms with Gasteiger partial charge in [-0.05, 0) is 13.3 Å². The number of nitrogens with one attached hydrogen (secondary N) is 2. The van der Waals surface area contributed by atoms with Gasteiger partial charge in [-0.15, -0.1) is 12.4 Å². The first-order valence-electron chi connectivity index (χ1n) is 4.76. The predicted octanol–water partition coefficient (Wildman–Crippen LogP) is 0.294. The molecule has 0 saturated heterocycles. The van der Waals surface area contributed by atoms with Gasteiger partial charge in [-0.25, -0.2) is 4.79 Å². The third-order valence-corrected chi connectivity index (χ3v) is 2.22. The van der Waals surface area contributed by atoms with Crippen molar-refractivity contribution in [1.29, 1.82) is 0 Å².